The second-order valence-corrected chi connectivity index (χ2v) is 6.06. The number of methoxy groups -OCH3 is 2. The SMILES string of the molecule is CCNC(=NCC(=O)NCc1ccco1)N(C)Cc1ccc(OC)cc1OC.I. The van der Waals surface area contributed by atoms with Gasteiger partial charge in [0.25, 0.3) is 0 Å². The first-order valence-corrected chi connectivity index (χ1v) is 9.06. The molecule has 0 saturated heterocycles. The van der Waals surface area contributed by atoms with Crippen molar-refractivity contribution in [3.8, 4) is 11.5 Å². The second kappa shape index (κ2) is 12.9. The molecule has 0 saturated carbocycles. The minimum Gasteiger partial charge on any atom is -0.497 e. The quantitative estimate of drug-likeness (QED) is 0.303. The van der Waals surface area contributed by atoms with Crippen LogP contribution in [0.5, 0.6) is 11.5 Å². The first-order chi connectivity index (χ1) is 13.6. The van der Waals surface area contributed by atoms with E-state index in [9.17, 15) is 4.79 Å². The molecule has 1 aromatic heterocycles. The Labute approximate surface area is 188 Å². The number of halogens is 1. The molecule has 9 heteroatoms. The van der Waals surface area contributed by atoms with Gasteiger partial charge in [0.05, 0.1) is 27.0 Å². The first kappa shape index (κ1) is 24.6. The van der Waals surface area contributed by atoms with Gasteiger partial charge in [-0.1, -0.05) is 0 Å². The van der Waals surface area contributed by atoms with E-state index in [0.29, 0.717) is 31.4 Å². The van der Waals surface area contributed by atoms with Gasteiger partial charge in [0, 0.05) is 31.8 Å². The number of nitrogens with one attached hydrogen (secondary N) is 2. The largest absolute Gasteiger partial charge is 0.497 e. The summed E-state index contributed by atoms with van der Waals surface area (Å²) in [6, 6.07) is 9.27. The van der Waals surface area contributed by atoms with Crippen LogP contribution in [0.15, 0.2) is 46.0 Å². The highest BCUT2D eigenvalue weighted by molar-refractivity contribution is 14.0. The molecule has 0 aliphatic rings. The zero-order valence-electron chi connectivity index (χ0n) is 17.2. The van der Waals surface area contributed by atoms with Gasteiger partial charge < -0.3 is 29.4 Å². The molecule has 8 nitrogen and oxygen atoms in total. The molecular formula is C20H29IN4O4. The molecule has 2 aromatic rings. The summed E-state index contributed by atoms with van der Waals surface area (Å²) in [6.07, 6.45) is 1.57. The summed E-state index contributed by atoms with van der Waals surface area (Å²) in [5.74, 6) is 2.62. The van der Waals surface area contributed by atoms with Gasteiger partial charge in [-0.15, -0.1) is 24.0 Å². The predicted molar refractivity (Wildman–Crippen MR) is 123 cm³/mol. The lowest BCUT2D eigenvalue weighted by Gasteiger charge is -2.23. The van der Waals surface area contributed by atoms with E-state index in [-0.39, 0.29) is 36.4 Å². The van der Waals surface area contributed by atoms with Crippen molar-refractivity contribution in [3.63, 3.8) is 0 Å². The lowest BCUT2D eigenvalue weighted by atomic mass is 10.2. The Morgan fingerprint density at radius 2 is 2.00 bits per heavy atom. The summed E-state index contributed by atoms with van der Waals surface area (Å²) in [5, 5.41) is 5.98. The van der Waals surface area contributed by atoms with Crippen LogP contribution in [0, 0.1) is 0 Å². The van der Waals surface area contributed by atoms with Gasteiger partial charge in [-0.05, 0) is 31.2 Å². The number of amides is 1. The maximum Gasteiger partial charge on any atom is 0.242 e. The average Bonchev–Trinajstić information content (AvgIpc) is 3.23. The number of furan rings is 1. The van der Waals surface area contributed by atoms with E-state index in [1.165, 1.54) is 0 Å². The van der Waals surface area contributed by atoms with Crippen molar-refractivity contribution in [2.75, 3.05) is 34.4 Å². The van der Waals surface area contributed by atoms with E-state index in [1.54, 1.807) is 26.5 Å². The number of benzene rings is 1. The molecule has 0 spiro atoms. The molecular weight excluding hydrogens is 487 g/mol. The Morgan fingerprint density at radius 3 is 2.62 bits per heavy atom. The van der Waals surface area contributed by atoms with Crippen LogP contribution in [0.2, 0.25) is 0 Å². The number of hydrogen-bond donors (Lipinski definition) is 2. The lowest BCUT2D eigenvalue weighted by molar-refractivity contribution is -0.119. The van der Waals surface area contributed by atoms with Crippen molar-refractivity contribution in [3.05, 3.63) is 47.9 Å². The maximum atomic E-state index is 12.1. The van der Waals surface area contributed by atoms with Crippen LogP contribution >= 0.6 is 24.0 Å². The standard InChI is InChI=1S/C20H28N4O4.HI/c1-5-21-20(23-13-19(25)22-12-17-7-6-10-28-17)24(2)14-15-8-9-16(26-3)11-18(15)27-4;/h6-11H,5,12-14H2,1-4H3,(H,21,23)(H,22,25);1H. The van der Waals surface area contributed by atoms with Crippen molar-refractivity contribution in [2.45, 2.75) is 20.0 Å². The van der Waals surface area contributed by atoms with Crippen LogP contribution in [-0.4, -0.2) is 51.1 Å². The Bertz CT molecular complexity index is 781. The van der Waals surface area contributed by atoms with E-state index in [1.807, 2.05) is 43.1 Å². The van der Waals surface area contributed by atoms with Crippen LogP contribution in [0.4, 0.5) is 0 Å². The molecule has 1 heterocycles. The molecule has 0 fully saturated rings. The molecule has 0 unspecified atom stereocenters. The maximum absolute atomic E-state index is 12.1. The third-order valence-electron chi connectivity index (χ3n) is 4.01. The number of nitrogens with zero attached hydrogens (tertiary/aromatic N) is 2. The third-order valence-corrected chi connectivity index (χ3v) is 4.01. The fraction of sp³-hybridized carbons (Fsp3) is 0.400. The molecule has 1 aromatic carbocycles. The smallest absolute Gasteiger partial charge is 0.242 e. The van der Waals surface area contributed by atoms with E-state index in [4.69, 9.17) is 13.9 Å². The van der Waals surface area contributed by atoms with E-state index in [2.05, 4.69) is 15.6 Å². The Kier molecular flexibility index (Phi) is 11.0. The molecule has 2 N–H and O–H groups in total. The molecule has 29 heavy (non-hydrogen) atoms. The second-order valence-electron chi connectivity index (χ2n) is 6.06. The zero-order valence-corrected chi connectivity index (χ0v) is 19.6. The molecule has 0 aliphatic heterocycles. The monoisotopic (exact) mass is 516 g/mol. The van der Waals surface area contributed by atoms with Crippen LogP contribution in [0.1, 0.15) is 18.2 Å². The summed E-state index contributed by atoms with van der Waals surface area (Å²) >= 11 is 0. The number of rotatable bonds is 9. The average molecular weight is 516 g/mol. The molecule has 2 rings (SSSR count). The predicted octanol–water partition coefficient (Wildman–Crippen LogP) is 2.63. The van der Waals surface area contributed by atoms with E-state index in [0.717, 1.165) is 17.1 Å². The highest BCUT2D eigenvalue weighted by atomic mass is 127. The third kappa shape index (κ3) is 7.84. The topological polar surface area (TPSA) is 88.3 Å². The van der Waals surface area contributed by atoms with Crippen LogP contribution in [0.25, 0.3) is 0 Å². The highest BCUT2D eigenvalue weighted by Crippen LogP contribution is 2.25. The molecule has 0 radical (unpaired) electrons. The van der Waals surface area contributed by atoms with Crippen molar-refractivity contribution in [1.82, 2.24) is 15.5 Å². The van der Waals surface area contributed by atoms with Crippen molar-refractivity contribution < 1.29 is 18.7 Å². The highest BCUT2D eigenvalue weighted by Gasteiger charge is 2.12. The van der Waals surface area contributed by atoms with E-state index >= 15 is 0 Å². The van der Waals surface area contributed by atoms with Crippen molar-refractivity contribution in [2.24, 2.45) is 4.99 Å². The van der Waals surface area contributed by atoms with Gasteiger partial charge in [-0.3, -0.25) is 4.79 Å². The summed E-state index contributed by atoms with van der Waals surface area (Å²) < 4.78 is 15.9. The number of hydrogen-bond acceptors (Lipinski definition) is 5. The van der Waals surface area contributed by atoms with E-state index < -0.39 is 0 Å². The van der Waals surface area contributed by atoms with Crippen LogP contribution in [-0.2, 0) is 17.9 Å². The van der Waals surface area contributed by atoms with Crippen LogP contribution in [0.3, 0.4) is 0 Å². The Morgan fingerprint density at radius 1 is 1.21 bits per heavy atom. The summed E-state index contributed by atoms with van der Waals surface area (Å²) in [4.78, 5) is 18.4. The van der Waals surface area contributed by atoms with Crippen molar-refractivity contribution >= 4 is 35.8 Å². The number of ether oxygens (including phenoxy) is 2. The lowest BCUT2D eigenvalue weighted by Crippen LogP contribution is -2.39. The summed E-state index contributed by atoms with van der Waals surface area (Å²) in [6.45, 7) is 3.60. The fourth-order valence-electron chi connectivity index (χ4n) is 2.58. The van der Waals surface area contributed by atoms with Crippen LogP contribution < -0.4 is 20.1 Å². The fourth-order valence-corrected chi connectivity index (χ4v) is 2.58. The number of carbonyl (C=O) groups is 1. The molecule has 0 aliphatic carbocycles. The Balaban J connectivity index is 0.00000420. The number of carbonyl (C=O) groups excluding carboxylic acids is 1. The van der Waals surface area contributed by atoms with Gasteiger partial charge in [-0.2, -0.15) is 0 Å². The first-order valence-electron chi connectivity index (χ1n) is 9.06. The molecule has 1 amide bonds. The van der Waals surface area contributed by atoms with Gasteiger partial charge in [-0.25, -0.2) is 4.99 Å². The zero-order chi connectivity index (χ0) is 20.4. The summed E-state index contributed by atoms with van der Waals surface area (Å²) in [5.41, 5.74) is 0.985. The van der Waals surface area contributed by atoms with Gasteiger partial charge >= 0.3 is 0 Å². The minimum atomic E-state index is -0.178. The number of aliphatic imine (C=N–C) groups is 1. The molecule has 0 atom stereocenters. The van der Waals surface area contributed by atoms with Gasteiger partial charge in [0.1, 0.15) is 23.8 Å². The number of guanidine groups is 1. The van der Waals surface area contributed by atoms with Gasteiger partial charge in [0.2, 0.25) is 5.91 Å². The van der Waals surface area contributed by atoms with Gasteiger partial charge in [0.15, 0.2) is 5.96 Å². The summed E-state index contributed by atoms with van der Waals surface area (Å²) in [7, 11) is 5.15. The molecule has 160 valence electrons. The normalized spacial score (nSPS) is 10.7. The minimum absolute atomic E-state index is 0. The molecule has 0 bridgehead atoms. The Hall–Kier alpha value is -2.43. The van der Waals surface area contributed by atoms with Crippen molar-refractivity contribution in [1.29, 1.82) is 0 Å².